The van der Waals surface area contributed by atoms with Gasteiger partial charge in [-0.2, -0.15) is 9.40 Å². The molecule has 0 bridgehead atoms. The summed E-state index contributed by atoms with van der Waals surface area (Å²) in [6.45, 7) is 2.58. The molecule has 2 aromatic carbocycles. The molecule has 2 aliphatic rings. The van der Waals surface area contributed by atoms with E-state index in [1.54, 1.807) is 41.4 Å². The summed E-state index contributed by atoms with van der Waals surface area (Å²) in [7, 11) is -3.66. The number of hydrogen-bond acceptors (Lipinski definition) is 6. The van der Waals surface area contributed by atoms with E-state index in [0.717, 1.165) is 16.5 Å². The lowest BCUT2D eigenvalue weighted by Crippen LogP contribution is -2.52. The Morgan fingerprint density at radius 2 is 1.56 bits per heavy atom. The number of anilines is 1. The summed E-state index contributed by atoms with van der Waals surface area (Å²) in [4.78, 5) is 17.3. The molecule has 5 rings (SSSR count). The van der Waals surface area contributed by atoms with Gasteiger partial charge in [-0.1, -0.05) is 46.9 Å². The molecule has 36 heavy (non-hydrogen) atoms. The van der Waals surface area contributed by atoms with Gasteiger partial charge in [-0.05, 0) is 47.9 Å². The van der Waals surface area contributed by atoms with Crippen molar-refractivity contribution in [2.45, 2.75) is 17.7 Å². The van der Waals surface area contributed by atoms with Gasteiger partial charge >= 0.3 is 0 Å². The minimum Gasteiger partial charge on any atom is -0.369 e. The number of nitrogens with zero attached hydrogens (tertiary/aromatic N) is 5. The van der Waals surface area contributed by atoms with E-state index in [-0.39, 0.29) is 35.0 Å². The lowest BCUT2D eigenvalue weighted by Gasteiger charge is -2.38. The first-order valence-electron chi connectivity index (χ1n) is 11.6. The third kappa shape index (κ3) is 4.99. The zero-order chi connectivity index (χ0) is 25.4. The number of piperazine rings is 1. The molecule has 0 radical (unpaired) electrons. The first kappa shape index (κ1) is 25.5. The molecule has 0 N–H and O–H groups in total. The average molecular weight is 569 g/mol. The van der Waals surface area contributed by atoms with Crippen LogP contribution in [0.4, 0.5) is 5.69 Å². The minimum absolute atomic E-state index is 0.0752. The monoisotopic (exact) mass is 567 g/mol. The van der Waals surface area contributed by atoms with Crippen LogP contribution in [0, 0.1) is 5.92 Å². The van der Waals surface area contributed by atoms with Crippen molar-refractivity contribution in [2.75, 3.05) is 44.2 Å². The quantitative estimate of drug-likeness (QED) is 0.465. The Kier molecular flexibility index (Phi) is 7.29. The Morgan fingerprint density at radius 3 is 2.28 bits per heavy atom. The van der Waals surface area contributed by atoms with Crippen molar-refractivity contribution >= 4 is 67.2 Å². The Labute approximate surface area is 224 Å². The molecule has 1 aromatic heterocycles. The highest BCUT2D eigenvalue weighted by atomic mass is 35.5. The van der Waals surface area contributed by atoms with Crippen LogP contribution < -0.4 is 4.90 Å². The van der Waals surface area contributed by atoms with Crippen LogP contribution in [0.15, 0.2) is 47.5 Å². The molecular formula is C24H24Cl3N5O3S. The van der Waals surface area contributed by atoms with Crippen LogP contribution >= 0.6 is 34.8 Å². The summed E-state index contributed by atoms with van der Waals surface area (Å²) < 4.78 is 28.0. The number of halogens is 3. The van der Waals surface area contributed by atoms with Crippen molar-refractivity contribution in [3.8, 4) is 0 Å². The maximum Gasteiger partial charge on any atom is 0.243 e. The molecule has 0 atom stereocenters. The third-order valence-electron chi connectivity index (χ3n) is 6.88. The lowest BCUT2D eigenvalue weighted by atomic mass is 9.94. The molecule has 2 aliphatic heterocycles. The minimum atomic E-state index is -3.66. The Hall–Kier alpha value is -2.17. The average Bonchev–Trinajstić information content (AvgIpc) is 2.89. The number of amides is 1. The highest BCUT2D eigenvalue weighted by molar-refractivity contribution is 7.89. The Bertz CT molecular complexity index is 1410. The topological polar surface area (TPSA) is 86.7 Å². The van der Waals surface area contributed by atoms with E-state index in [0.29, 0.717) is 49.1 Å². The summed E-state index contributed by atoms with van der Waals surface area (Å²) >= 11 is 18.3. The Morgan fingerprint density at radius 1 is 0.889 bits per heavy atom. The van der Waals surface area contributed by atoms with Gasteiger partial charge in [0.15, 0.2) is 5.15 Å². The van der Waals surface area contributed by atoms with Crippen LogP contribution in [0.3, 0.4) is 0 Å². The number of carbonyl (C=O) groups excluding carboxylic acids is 1. The van der Waals surface area contributed by atoms with Crippen LogP contribution in [-0.2, 0) is 14.8 Å². The lowest BCUT2D eigenvalue weighted by molar-refractivity contribution is -0.137. The first-order chi connectivity index (χ1) is 17.2. The maximum atomic E-state index is 13.3. The zero-order valence-electron chi connectivity index (χ0n) is 19.3. The van der Waals surface area contributed by atoms with Crippen molar-refractivity contribution in [2.24, 2.45) is 5.92 Å². The molecular weight excluding hydrogens is 545 g/mol. The van der Waals surface area contributed by atoms with Crippen LogP contribution in [0.5, 0.6) is 0 Å². The molecule has 8 nitrogen and oxygen atoms in total. The second-order valence-corrected chi connectivity index (χ2v) is 12.1. The molecule has 190 valence electrons. The fourth-order valence-electron chi connectivity index (χ4n) is 4.84. The van der Waals surface area contributed by atoms with Gasteiger partial charge in [0.1, 0.15) is 5.02 Å². The van der Waals surface area contributed by atoms with E-state index in [2.05, 4.69) is 15.1 Å². The fraction of sp³-hybridized carbons (Fsp3) is 0.375. The van der Waals surface area contributed by atoms with Gasteiger partial charge in [0.05, 0.1) is 16.8 Å². The number of hydrogen-bond donors (Lipinski definition) is 0. The molecule has 0 unspecified atom stereocenters. The van der Waals surface area contributed by atoms with Crippen molar-refractivity contribution in [3.63, 3.8) is 0 Å². The van der Waals surface area contributed by atoms with Crippen molar-refractivity contribution < 1.29 is 13.2 Å². The summed E-state index contributed by atoms with van der Waals surface area (Å²) in [5.41, 5.74) is 0.721. The third-order valence-corrected chi connectivity index (χ3v) is 9.74. The molecule has 3 aromatic rings. The standard InChI is InChI=1S/C24H24Cl3N5O3S/c25-19-3-1-18-14-20(4-2-17(18)13-19)36(34,35)32-11-9-31(10-12-32)24(33)16-5-7-30(8-6-16)21-15-28-29-23(27)22(21)26/h1-4,13-16H,5-12H2. The predicted octanol–water partition coefficient (Wildman–Crippen LogP) is 4.34. The van der Waals surface area contributed by atoms with Crippen molar-refractivity contribution in [1.29, 1.82) is 0 Å². The van der Waals surface area contributed by atoms with Crippen LogP contribution in [0.2, 0.25) is 15.2 Å². The van der Waals surface area contributed by atoms with Gasteiger partial charge in [-0.25, -0.2) is 8.42 Å². The molecule has 1 amide bonds. The van der Waals surface area contributed by atoms with Gasteiger partial charge in [-0.3, -0.25) is 4.79 Å². The second-order valence-electron chi connectivity index (χ2n) is 8.98. The number of rotatable bonds is 4. The number of sulfonamides is 1. The molecule has 0 aliphatic carbocycles. The molecule has 2 saturated heterocycles. The molecule has 2 fully saturated rings. The number of benzene rings is 2. The first-order valence-corrected chi connectivity index (χ1v) is 14.2. The fourth-order valence-corrected chi connectivity index (χ4v) is 6.82. The SMILES string of the molecule is O=C(C1CCN(c2cnnc(Cl)c2Cl)CC1)N1CCN(S(=O)(=O)c2ccc3cc(Cl)ccc3c2)CC1. The van der Waals surface area contributed by atoms with Gasteiger partial charge in [0.25, 0.3) is 0 Å². The van der Waals surface area contributed by atoms with Crippen molar-refractivity contribution in [1.82, 2.24) is 19.4 Å². The van der Waals surface area contributed by atoms with E-state index in [9.17, 15) is 13.2 Å². The Balaban J connectivity index is 1.19. The van der Waals surface area contributed by atoms with E-state index >= 15 is 0 Å². The van der Waals surface area contributed by atoms with E-state index in [1.807, 2.05) is 6.07 Å². The van der Waals surface area contributed by atoms with E-state index in [4.69, 9.17) is 34.8 Å². The normalized spacial score (nSPS) is 18.1. The molecule has 3 heterocycles. The van der Waals surface area contributed by atoms with Gasteiger partial charge in [0, 0.05) is 50.2 Å². The largest absolute Gasteiger partial charge is 0.369 e. The summed E-state index contributed by atoms with van der Waals surface area (Å²) in [6, 6.07) is 10.4. The predicted molar refractivity (Wildman–Crippen MR) is 141 cm³/mol. The van der Waals surface area contributed by atoms with Crippen LogP contribution in [0.1, 0.15) is 12.8 Å². The number of fused-ring (bicyclic) bond motifs is 1. The van der Waals surface area contributed by atoms with E-state index < -0.39 is 10.0 Å². The van der Waals surface area contributed by atoms with Crippen LogP contribution in [0.25, 0.3) is 10.8 Å². The number of piperidine rings is 1. The summed E-state index contributed by atoms with van der Waals surface area (Å²) in [6.07, 6.45) is 2.93. The van der Waals surface area contributed by atoms with Gasteiger partial charge in [0.2, 0.25) is 15.9 Å². The summed E-state index contributed by atoms with van der Waals surface area (Å²) in [5, 5.41) is 10.4. The molecule has 0 saturated carbocycles. The van der Waals surface area contributed by atoms with Crippen LogP contribution in [-0.4, -0.2) is 73.0 Å². The smallest absolute Gasteiger partial charge is 0.243 e. The number of aromatic nitrogens is 2. The van der Waals surface area contributed by atoms with Gasteiger partial charge in [-0.15, -0.1) is 5.10 Å². The second kappa shape index (κ2) is 10.3. The zero-order valence-corrected chi connectivity index (χ0v) is 22.4. The number of carbonyl (C=O) groups is 1. The summed E-state index contributed by atoms with van der Waals surface area (Å²) in [5.74, 6) is -0.0352. The molecule has 12 heteroatoms. The van der Waals surface area contributed by atoms with Gasteiger partial charge < -0.3 is 9.80 Å². The maximum absolute atomic E-state index is 13.3. The highest BCUT2D eigenvalue weighted by Gasteiger charge is 2.34. The van der Waals surface area contributed by atoms with Crippen molar-refractivity contribution in [3.05, 3.63) is 57.8 Å². The highest BCUT2D eigenvalue weighted by Crippen LogP contribution is 2.33. The van der Waals surface area contributed by atoms with E-state index in [1.165, 1.54) is 4.31 Å². The molecule has 0 spiro atoms.